The number of benzene rings is 2. The van der Waals surface area contributed by atoms with E-state index in [1.54, 1.807) is 26.5 Å². The van der Waals surface area contributed by atoms with Crippen LogP contribution in [0.25, 0.3) is 0 Å². The van der Waals surface area contributed by atoms with E-state index in [1.165, 1.54) is 0 Å². The van der Waals surface area contributed by atoms with Gasteiger partial charge in [-0.2, -0.15) is 4.98 Å². The molecule has 2 aromatic carbocycles. The fraction of sp³-hybridized carbons (Fsp3) is 0.273. The summed E-state index contributed by atoms with van der Waals surface area (Å²) >= 11 is 0. The monoisotopic (exact) mass is 394 g/mol. The Morgan fingerprint density at radius 1 is 0.966 bits per heavy atom. The Kier molecular flexibility index (Phi) is 6.39. The predicted molar refractivity (Wildman–Crippen MR) is 114 cm³/mol. The van der Waals surface area contributed by atoms with Crippen LogP contribution in [0.15, 0.2) is 48.7 Å². The molecule has 0 atom stereocenters. The molecule has 3 aromatic rings. The van der Waals surface area contributed by atoms with Crippen LogP contribution in [0.1, 0.15) is 30.9 Å². The first-order chi connectivity index (χ1) is 14.0. The third-order valence-corrected chi connectivity index (χ3v) is 4.43. The highest BCUT2D eigenvalue weighted by Crippen LogP contribution is 2.40. The van der Waals surface area contributed by atoms with E-state index in [0.717, 1.165) is 11.1 Å². The number of nitrogens with two attached hydrogens (primary N) is 1. The number of nitrogens with one attached hydrogen (secondary N) is 1. The summed E-state index contributed by atoms with van der Waals surface area (Å²) in [6.45, 7) is 4.75. The first kappa shape index (κ1) is 20.3. The number of hydrogen-bond acceptors (Lipinski definition) is 7. The number of ether oxygens (including phenoxy) is 3. The lowest BCUT2D eigenvalue weighted by Crippen LogP contribution is -2.06. The van der Waals surface area contributed by atoms with Gasteiger partial charge in [-0.15, -0.1) is 0 Å². The second-order valence-corrected chi connectivity index (χ2v) is 6.78. The van der Waals surface area contributed by atoms with E-state index in [2.05, 4.69) is 29.1 Å². The molecule has 3 N–H and O–H groups in total. The highest BCUT2D eigenvalue weighted by atomic mass is 16.5. The zero-order chi connectivity index (χ0) is 20.8. The smallest absolute Gasteiger partial charge is 0.225 e. The van der Waals surface area contributed by atoms with Crippen LogP contribution >= 0.6 is 0 Å². The summed E-state index contributed by atoms with van der Waals surface area (Å²) in [4.78, 5) is 8.63. The molecule has 0 radical (unpaired) electrons. The van der Waals surface area contributed by atoms with Gasteiger partial charge in [-0.1, -0.05) is 44.2 Å². The molecular formula is C22H26N4O3. The topological polar surface area (TPSA) is 91.5 Å². The van der Waals surface area contributed by atoms with Crippen LogP contribution in [-0.4, -0.2) is 24.2 Å². The summed E-state index contributed by atoms with van der Waals surface area (Å²) in [5.41, 5.74) is 8.21. The lowest BCUT2D eigenvalue weighted by atomic mass is 10.0. The number of methoxy groups -OCH3 is 2. The van der Waals surface area contributed by atoms with Crippen molar-refractivity contribution in [2.75, 3.05) is 25.3 Å². The van der Waals surface area contributed by atoms with Crippen LogP contribution in [0.5, 0.6) is 23.0 Å². The molecule has 29 heavy (non-hydrogen) atoms. The molecule has 0 aliphatic carbocycles. The first-order valence-electron chi connectivity index (χ1n) is 9.36. The van der Waals surface area contributed by atoms with Gasteiger partial charge in [0.15, 0.2) is 23.1 Å². The minimum atomic E-state index is 0.207. The molecule has 0 amide bonds. The van der Waals surface area contributed by atoms with Crippen LogP contribution in [0, 0.1) is 0 Å². The van der Waals surface area contributed by atoms with E-state index in [0.29, 0.717) is 35.5 Å². The molecule has 152 valence electrons. The van der Waals surface area contributed by atoms with Crippen LogP contribution in [0.3, 0.4) is 0 Å². The van der Waals surface area contributed by atoms with E-state index in [4.69, 9.17) is 19.9 Å². The fourth-order valence-electron chi connectivity index (χ4n) is 2.86. The van der Waals surface area contributed by atoms with Gasteiger partial charge in [0.05, 0.1) is 20.4 Å². The second-order valence-electron chi connectivity index (χ2n) is 6.78. The van der Waals surface area contributed by atoms with E-state index in [1.807, 2.05) is 36.4 Å². The molecule has 7 nitrogen and oxygen atoms in total. The van der Waals surface area contributed by atoms with Crippen molar-refractivity contribution < 1.29 is 14.2 Å². The molecule has 1 heterocycles. The number of nitrogens with zero attached hydrogens (tertiary/aromatic N) is 2. The maximum atomic E-state index is 6.12. The fourth-order valence-corrected chi connectivity index (χ4v) is 2.86. The second kappa shape index (κ2) is 9.14. The molecule has 0 aliphatic rings. The van der Waals surface area contributed by atoms with Crippen molar-refractivity contribution in [3.8, 4) is 23.0 Å². The van der Waals surface area contributed by atoms with Crippen molar-refractivity contribution in [1.29, 1.82) is 0 Å². The minimum Gasteiger partial charge on any atom is -0.493 e. The van der Waals surface area contributed by atoms with Crippen molar-refractivity contribution >= 4 is 11.8 Å². The first-order valence-corrected chi connectivity index (χ1v) is 9.36. The Bertz CT molecular complexity index is 962. The molecule has 1 aromatic heterocycles. The number of aromatic nitrogens is 2. The van der Waals surface area contributed by atoms with Gasteiger partial charge >= 0.3 is 0 Å². The molecule has 0 saturated carbocycles. The zero-order valence-electron chi connectivity index (χ0n) is 17.1. The summed E-state index contributed by atoms with van der Waals surface area (Å²) in [6, 6.07) is 13.7. The molecule has 0 saturated heterocycles. The molecular weight excluding hydrogens is 368 g/mol. The van der Waals surface area contributed by atoms with Crippen LogP contribution in [0.2, 0.25) is 0 Å². The van der Waals surface area contributed by atoms with Crippen molar-refractivity contribution in [3.63, 3.8) is 0 Å². The van der Waals surface area contributed by atoms with E-state index < -0.39 is 0 Å². The van der Waals surface area contributed by atoms with Gasteiger partial charge in [0.2, 0.25) is 5.95 Å². The lowest BCUT2D eigenvalue weighted by Gasteiger charge is -2.18. The zero-order valence-corrected chi connectivity index (χ0v) is 17.1. The Balaban J connectivity index is 1.81. The Morgan fingerprint density at radius 2 is 1.66 bits per heavy atom. The summed E-state index contributed by atoms with van der Waals surface area (Å²) in [5, 5.41) is 3.16. The van der Waals surface area contributed by atoms with Gasteiger partial charge in [-0.05, 0) is 17.5 Å². The van der Waals surface area contributed by atoms with Gasteiger partial charge in [0, 0.05) is 18.2 Å². The van der Waals surface area contributed by atoms with Crippen LogP contribution in [-0.2, 0) is 6.54 Å². The number of nitrogen functional groups attached to an aromatic ring is 1. The standard InChI is InChI=1S/C22H26N4O3/c1-14(2)16-10-18(27-3)19(28-4)11-17(16)29-20-13-25-22(26-21(20)23)24-12-15-8-6-5-7-9-15/h5-11,13-14H,12H2,1-4H3,(H3,23,24,25,26). The summed E-state index contributed by atoms with van der Waals surface area (Å²) in [5.74, 6) is 3.12. The van der Waals surface area contributed by atoms with Crippen molar-refractivity contribution in [2.45, 2.75) is 26.3 Å². The summed E-state index contributed by atoms with van der Waals surface area (Å²) < 4.78 is 16.8. The third-order valence-electron chi connectivity index (χ3n) is 4.43. The average molecular weight is 394 g/mol. The van der Waals surface area contributed by atoms with Gasteiger partial charge in [0.1, 0.15) is 5.75 Å². The number of rotatable bonds is 8. The van der Waals surface area contributed by atoms with Gasteiger partial charge in [-0.25, -0.2) is 4.98 Å². The van der Waals surface area contributed by atoms with Crippen molar-refractivity contribution in [3.05, 3.63) is 59.8 Å². The van der Waals surface area contributed by atoms with Crippen LogP contribution in [0.4, 0.5) is 11.8 Å². The SMILES string of the molecule is COc1cc(Oc2cnc(NCc3ccccc3)nc2N)c(C(C)C)cc1OC. The summed E-state index contributed by atoms with van der Waals surface area (Å²) in [6.07, 6.45) is 1.57. The van der Waals surface area contributed by atoms with Crippen molar-refractivity contribution in [1.82, 2.24) is 9.97 Å². The minimum absolute atomic E-state index is 0.207. The molecule has 0 bridgehead atoms. The maximum Gasteiger partial charge on any atom is 0.225 e. The van der Waals surface area contributed by atoms with Crippen LogP contribution < -0.4 is 25.3 Å². The Morgan fingerprint density at radius 3 is 2.28 bits per heavy atom. The van der Waals surface area contributed by atoms with E-state index in [9.17, 15) is 0 Å². The third kappa shape index (κ3) is 4.87. The molecule has 7 heteroatoms. The number of anilines is 2. The quantitative estimate of drug-likeness (QED) is 0.577. The highest BCUT2D eigenvalue weighted by Gasteiger charge is 2.17. The largest absolute Gasteiger partial charge is 0.493 e. The normalized spacial score (nSPS) is 10.7. The molecule has 0 fully saturated rings. The van der Waals surface area contributed by atoms with Crippen molar-refractivity contribution in [2.24, 2.45) is 0 Å². The lowest BCUT2D eigenvalue weighted by molar-refractivity contribution is 0.350. The molecule has 0 unspecified atom stereocenters. The molecule has 0 spiro atoms. The summed E-state index contributed by atoms with van der Waals surface area (Å²) in [7, 11) is 3.19. The van der Waals surface area contributed by atoms with Gasteiger partial charge < -0.3 is 25.3 Å². The Labute approximate surface area is 170 Å². The predicted octanol–water partition coefficient (Wildman–Crippen LogP) is 4.60. The van der Waals surface area contributed by atoms with Gasteiger partial charge in [-0.3, -0.25) is 0 Å². The van der Waals surface area contributed by atoms with E-state index in [-0.39, 0.29) is 11.7 Å². The maximum absolute atomic E-state index is 6.12. The molecule has 0 aliphatic heterocycles. The molecule has 3 rings (SSSR count). The average Bonchev–Trinajstić information content (AvgIpc) is 2.74. The Hall–Kier alpha value is -3.48. The highest BCUT2D eigenvalue weighted by molar-refractivity contribution is 5.55. The van der Waals surface area contributed by atoms with E-state index >= 15 is 0 Å². The number of hydrogen-bond donors (Lipinski definition) is 2. The van der Waals surface area contributed by atoms with Gasteiger partial charge in [0.25, 0.3) is 0 Å².